The quantitative estimate of drug-likeness (QED) is 0.918. The van der Waals surface area contributed by atoms with E-state index >= 15 is 0 Å². The van der Waals surface area contributed by atoms with Gasteiger partial charge in [-0.3, -0.25) is 0 Å². The lowest BCUT2D eigenvalue weighted by molar-refractivity contribution is 0.214. The normalized spacial score (nSPS) is 12.2. The van der Waals surface area contributed by atoms with E-state index in [1.54, 1.807) is 19.1 Å². The lowest BCUT2D eigenvalue weighted by Crippen LogP contribution is -2.18. The smallest absolute Gasteiger partial charge is 0.136 e. The van der Waals surface area contributed by atoms with Gasteiger partial charge in [0.15, 0.2) is 0 Å². The number of rotatable bonds is 4. The third-order valence-electron chi connectivity index (χ3n) is 2.86. The molecule has 100 valence electrons. The van der Waals surface area contributed by atoms with Crippen LogP contribution in [0, 0.1) is 18.6 Å². The maximum absolute atomic E-state index is 13.2. The molecule has 0 saturated carbocycles. The Morgan fingerprint density at radius 2 is 1.79 bits per heavy atom. The van der Waals surface area contributed by atoms with Gasteiger partial charge in [-0.1, -0.05) is 6.07 Å². The number of nitrogens with two attached hydrogens (primary N) is 1. The molecular formula is C15H15F2NO. The second-order valence-corrected chi connectivity index (χ2v) is 4.30. The summed E-state index contributed by atoms with van der Waals surface area (Å²) in [5, 5.41) is 0. The van der Waals surface area contributed by atoms with E-state index in [9.17, 15) is 8.78 Å². The minimum atomic E-state index is -0.384. The fourth-order valence-electron chi connectivity index (χ4n) is 1.80. The van der Waals surface area contributed by atoms with Crippen LogP contribution in [0.2, 0.25) is 0 Å². The molecule has 1 atom stereocenters. The first-order chi connectivity index (χ1) is 9.10. The van der Waals surface area contributed by atoms with E-state index in [0.29, 0.717) is 11.3 Å². The van der Waals surface area contributed by atoms with Gasteiger partial charge in [-0.15, -0.1) is 0 Å². The van der Waals surface area contributed by atoms with Gasteiger partial charge in [-0.2, -0.15) is 0 Å². The maximum atomic E-state index is 13.2. The summed E-state index contributed by atoms with van der Waals surface area (Å²) in [5.41, 5.74) is 7.02. The third kappa shape index (κ3) is 3.29. The fourth-order valence-corrected chi connectivity index (χ4v) is 1.80. The summed E-state index contributed by atoms with van der Waals surface area (Å²) in [6.45, 7) is 1.94. The Hall–Kier alpha value is -1.94. The molecule has 0 aliphatic rings. The van der Waals surface area contributed by atoms with Crippen LogP contribution in [0.1, 0.15) is 17.2 Å². The topological polar surface area (TPSA) is 35.2 Å². The summed E-state index contributed by atoms with van der Waals surface area (Å²) in [4.78, 5) is 0. The first-order valence-electron chi connectivity index (χ1n) is 5.98. The molecule has 2 rings (SSSR count). The second-order valence-electron chi connectivity index (χ2n) is 4.30. The second kappa shape index (κ2) is 5.80. The molecule has 19 heavy (non-hydrogen) atoms. The van der Waals surface area contributed by atoms with Crippen LogP contribution >= 0.6 is 0 Å². The molecule has 2 aromatic carbocycles. The Labute approximate surface area is 110 Å². The summed E-state index contributed by atoms with van der Waals surface area (Å²) in [6, 6.07) is 10.4. The fraction of sp³-hybridized carbons (Fsp3) is 0.200. The Morgan fingerprint density at radius 3 is 2.37 bits per heavy atom. The van der Waals surface area contributed by atoms with Gasteiger partial charge in [-0.25, -0.2) is 8.78 Å². The van der Waals surface area contributed by atoms with Crippen molar-refractivity contribution in [1.82, 2.24) is 0 Å². The van der Waals surface area contributed by atoms with Crippen LogP contribution in [0.3, 0.4) is 0 Å². The zero-order chi connectivity index (χ0) is 13.8. The van der Waals surface area contributed by atoms with E-state index in [2.05, 4.69) is 0 Å². The Kier molecular flexibility index (Phi) is 4.12. The average Bonchev–Trinajstić information content (AvgIpc) is 2.41. The number of ether oxygens (including phenoxy) is 1. The van der Waals surface area contributed by atoms with Crippen molar-refractivity contribution in [2.75, 3.05) is 6.54 Å². The van der Waals surface area contributed by atoms with Gasteiger partial charge < -0.3 is 10.5 Å². The third-order valence-corrected chi connectivity index (χ3v) is 2.86. The van der Waals surface area contributed by atoms with Crippen molar-refractivity contribution >= 4 is 0 Å². The Balaban J connectivity index is 2.19. The van der Waals surface area contributed by atoms with E-state index in [4.69, 9.17) is 10.5 Å². The first-order valence-corrected chi connectivity index (χ1v) is 5.98. The first kappa shape index (κ1) is 13.5. The van der Waals surface area contributed by atoms with Crippen LogP contribution in [-0.4, -0.2) is 6.54 Å². The van der Waals surface area contributed by atoms with E-state index in [1.165, 1.54) is 30.3 Å². The summed E-state index contributed by atoms with van der Waals surface area (Å²) < 4.78 is 31.7. The summed E-state index contributed by atoms with van der Waals surface area (Å²) in [6.07, 6.45) is -0.384. The molecule has 0 aliphatic carbocycles. The van der Waals surface area contributed by atoms with Gasteiger partial charge in [0.1, 0.15) is 23.5 Å². The number of hydrogen-bond acceptors (Lipinski definition) is 2. The van der Waals surface area contributed by atoms with Crippen molar-refractivity contribution in [2.45, 2.75) is 13.0 Å². The molecule has 2 N–H and O–H groups in total. The molecule has 0 aliphatic heterocycles. The van der Waals surface area contributed by atoms with Crippen LogP contribution in [0.15, 0.2) is 42.5 Å². The van der Waals surface area contributed by atoms with Crippen molar-refractivity contribution in [3.8, 4) is 5.75 Å². The molecule has 0 fully saturated rings. The molecule has 0 bridgehead atoms. The molecule has 0 radical (unpaired) electrons. The van der Waals surface area contributed by atoms with Gasteiger partial charge >= 0.3 is 0 Å². The summed E-state index contributed by atoms with van der Waals surface area (Å²) in [7, 11) is 0. The van der Waals surface area contributed by atoms with E-state index < -0.39 is 0 Å². The highest BCUT2D eigenvalue weighted by Gasteiger charge is 2.13. The van der Waals surface area contributed by atoms with Gasteiger partial charge in [0.05, 0.1) is 0 Å². The van der Waals surface area contributed by atoms with Crippen molar-refractivity contribution in [3.05, 3.63) is 65.2 Å². The Bertz CT molecular complexity index is 555. The molecular weight excluding hydrogens is 248 g/mol. The molecule has 0 heterocycles. The highest BCUT2D eigenvalue weighted by Crippen LogP contribution is 2.23. The number of benzene rings is 2. The van der Waals surface area contributed by atoms with Gasteiger partial charge in [0, 0.05) is 6.54 Å². The van der Waals surface area contributed by atoms with Crippen molar-refractivity contribution < 1.29 is 13.5 Å². The van der Waals surface area contributed by atoms with Gasteiger partial charge in [0.25, 0.3) is 0 Å². The number of hydrogen-bond donors (Lipinski definition) is 1. The zero-order valence-electron chi connectivity index (χ0n) is 10.6. The molecule has 1 unspecified atom stereocenters. The molecule has 4 heteroatoms. The van der Waals surface area contributed by atoms with E-state index in [0.717, 1.165) is 5.56 Å². The summed E-state index contributed by atoms with van der Waals surface area (Å²) >= 11 is 0. The van der Waals surface area contributed by atoms with Crippen LogP contribution < -0.4 is 10.5 Å². The predicted octanol–water partition coefficient (Wildman–Crippen LogP) is 3.35. The van der Waals surface area contributed by atoms with Crippen LogP contribution in [-0.2, 0) is 0 Å². The SMILES string of the molecule is Cc1cc(C(CN)Oc2ccc(F)cc2)ccc1F. The zero-order valence-corrected chi connectivity index (χ0v) is 10.6. The molecule has 0 spiro atoms. The van der Waals surface area contributed by atoms with E-state index in [1.807, 2.05) is 0 Å². The summed E-state index contributed by atoms with van der Waals surface area (Å²) in [5.74, 6) is -0.0607. The minimum absolute atomic E-state index is 0.252. The minimum Gasteiger partial charge on any atom is -0.484 e. The largest absolute Gasteiger partial charge is 0.484 e. The maximum Gasteiger partial charge on any atom is 0.136 e. The number of aryl methyl sites for hydroxylation is 1. The molecule has 0 saturated heterocycles. The highest BCUT2D eigenvalue weighted by molar-refractivity contribution is 5.28. The average molecular weight is 263 g/mol. The van der Waals surface area contributed by atoms with Crippen molar-refractivity contribution in [2.24, 2.45) is 5.73 Å². The highest BCUT2D eigenvalue weighted by atomic mass is 19.1. The Morgan fingerprint density at radius 1 is 1.11 bits per heavy atom. The van der Waals surface area contributed by atoms with Crippen LogP contribution in [0.5, 0.6) is 5.75 Å². The standard InChI is InChI=1S/C15H15F2NO/c1-10-8-11(2-7-14(10)17)15(9-18)19-13-5-3-12(16)4-6-13/h2-8,15H,9,18H2,1H3. The van der Waals surface area contributed by atoms with Gasteiger partial charge in [-0.05, 0) is 54.4 Å². The molecule has 2 aromatic rings. The predicted molar refractivity (Wildman–Crippen MR) is 70.0 cm³/mol. The lowest BCUT2D eigenvalue weighted by atomic mass is 10.1. The van der Waals surface area contributed by atoms with Crippen LogP contribution in [0.25, 0.3) is 0 Å². The van der Waals surface area contributed by atoms with Crippen molar-refractivity contribution in [1.29, 1.82) is 0 Å². The van der Waals surface area contributed by atoms with Crippen molar-refractivity contribution in [3.63, 3.8) is 0 Å². The van der Waals surface area contributed by atoms with Gasteiger partial charge in [0.2, 0.25) is 0 Å². The molecule has 0 aromatic heterocycles. The van der Waals surface area contributed by atoms with E-state index in [-0.39, 0.29) is 24.3 Å². The number of halogens is 2. The molecule has 2 nitrogen and oxygen atoms in total. The van der Waals surface area contributed by atoms with Crippen LogP contribution in [0.4, 0.5) is 8.78 Å². The lowest BCUT2D eigenvalue weighted by Gasteiger charge is -2.18. The monoisotopic (exact) mass is 263 g/mol. The molecule has 0 amide bonds.